The molecule has 0 saturated heterocycles. The van der Waals surface area contributed by atoms with E-state index in [0.29, 0.717) is 5.71 Å². The van der Waals surface area contributed by atoms with E-state index in [1.807, 2.05) is 6.92 Å². The fourth-order valence-corrected chi connectivity index (χ4v) is 3.60. The van der Waals surface area contributed by atoms with Gasteiger partial charge in [0.25, 0.3) is 0 Å². The Morgan fingerprint density at radius 1 is 1.19 bits per heavy atom. The van der Waals surface area contributed by atoms with Crippen LogP contribution in [0.5, 0.6) is 0 Å². The van der Waals surface area contributed by atoms with Crippen molar-refractivity contribution >= 4 is 21.6 Å². The van der Waals surface area contributed by atoms with Crippen LogP contribution in [0.25, 0.3) is 0 Å². The highest BCUT2D eigenvalue weighted by Gasteiger charge is 2.44. The minimum absolute atomic E-state index is 0.00934. The highest BCUT2D eigenvalue weighted by Crippen LogP contribution is 2.40. The smallest absolute Gasteiger partial charge is 0.292 e. The van der Waals surface area contributed by atoms with Gasteiger partial charge in [-0.3, -0.25) is 4.79 Å². The van der Waals surface area contributed by atoms with Crippen LogP contribution in [0.1, 0.15) is 24.8 Å². The number of benzene rings is 1. The van der Waals surface area contributed by atoms with Crippen molar-refractivity contribution < 1.29 is 17.5 Å². The summed E-state index contributed by atoms with van der Waals surface area (Å²) in [4.78, 5) is 11.9. The van der Waals surface area contributed by atoms with Crippen molar-refractivity contribution in [3.05, 3.63) is 29.8 Å². The van der Waals surface area contributed by atoms with Gasteiger partial charge in [-0.15, -0.1) is 4.28 Å². The molecule has 2 fully saturated rings. The molecule has 6 nitrogen and oxygen atoms in total. The van der Waals surface area contributed by atoms with Gasteiger partial charge in [-0.25, -0.2) is 0 Å². The number of carbonyl (C=O) groups excluding carboxylic acids is 1. The van der Waals surface area contributed by atoms with E-state index in [1.54, 1.807) is 12.1 Å². The van der Waals surface area contributed by atoms with Gasteiger partial charge >= 0.3 is 10.1 Å². The Hall–Kier alpha value is -1.73. The van der Waals surface area contributed by atoms with Gasteiger partial charge in [-0.05, 0) is 38.3 Å². The van der Waals surface area contributed by atoms with E-state index in [1.165, 1.54) is 12.1 Å². The first-order valence-electron chi connectivity index (χ1n) is 6.84. The largest absolute Gasteiger partial charge is 0.318 e. The lowest BCUT2D eigenvalue weighted by Gasteiger charge is -2.11. The molecule has 2 saturated carbocycles. The van der Waals surface area contributed by atoms with Gasteiger partial charge in [0.05, 0.1) is 4.90 Å². The van der Waals surface area contributed by atoms with Gasteiger partial charge in [-0.2, -0.15) is 19.1 Å². The van der Waals surface area contributed by atoms with Crippen molar-refractivity contribution in [1.82, 2.24) is 5.59 Å². The van der Waals surface area contributed by atoms with E-state index in [9.17, 15) is 13.2 Å². The predicted molar refractivity (Wildman–Crippen MR) is 75.9 cm³/mol. The third-order valence-electron chi connectivity index (χ3n) is 4.07. The summed E-state index contributed by atoms with van der Waals surface area (Å²) in [6.45, 7) is 1.86. The molecule has 112 valence electrons. The van der Waals surface area contributed by atoms with Gasteiger partial charge in [0.1, 0.15) is 5.71 Å². The van der Waals surface area contributed by atoms with Crippen molar-refractivity contribution in [2.24, 2.45) is 16.9 Å². The van der Waals surface area contributed by atoms with Crippen molar-refractivity contribution in [1.29, 1.82) is 0 Å². The number of nitrogens with zero attached hydrogens (tertiary/aromatic N) is 1. The second-order valence-corrected chi connectivity index (χ2v) is 7.06. The fraction of sp³-hybridized carbons (Fsp3) is 0.429. The van der Waals surface area contributed by atoms with E-state index in [-0.39, 0.29) is 22.5 Å². The molecule has 2 unspecified atom stereocenters. The van der Waals surface area contributed by atoms with Gasteiger partial charge in [0.15, 0.2) is 5.78 Å². The van der Waals surface area contributed by atoms with Crippen LogP contribution >= 0.6 is 0 Å². The Bertz CT molecular complexity index is 694. The normalized spacial score (nSPS) is 26.5. The SMILES string of the molecule is Cc1ccc(S(=O)(=O)ONN=C2C(=O)C3CCC2C3)cc1. The quantitative estimate of drug-likeness (QED) is 0.853. The zero-order valence-corrected chi connectivity index (χ0v) is 12.4. The number of aryl methyl sites for hydroxylation is 1. The molecule has 0 heterocycles. The molecule has 3 rings (SSSR count). The lowest BCUT2D eigenvalue weighted by atomic mass is 9.97. The number of hydrogen-bond donors (Lipinski definition) is 1. The molecule has 1 aromatic carbocycles. The summed E-state index contributed by atoms with van der Waals surface area (Å²) < 4.78 is 28.5. The molecular formula is C14H16N2O4S. The summed E-state index contributed by atoms with van der Waals surface area (Å²) in [5.41, 5.74) is 3.44. The Labute approximate surface area is 123 Å². The molecule has 0 spiro atoms. The third kappa shape index (κ3) is 2.71. The Kier molecular flexibility index (Phi) is 3.54. The number of rotatable bonds is 4. The average Bonchev–Trinajstić information content (AvgIpc) is 3.02. The number of carbonyl (C=O) groups is 1. The Morgan fingerprint density at radius 3 is 2.48 bits per heavy atom. The van der Waals surface area contributed by atoms with Crippen LogP contribution in [0.3, 0.4) is 0 Å². The second-order valence-electron chi connectivity index (χ2n) is 5.51. The molecule has 1 aromatic rings. The van der Waals surface area contributed by atoms with Crippen molar-refractivity contribution in [2.45, 2.75) is 31.1 Å². The Balaban J connectivity index is 1.67. The van der Waals surface area contributed by atoms with Crippen LogP contribution in [-0.4, -0.2) is 19.9 Å². The summed E-state index contributed by atoms with van der Waals surface area (Å²) in [6, 6.07) is 6.29. The molecule has 0 amide bonds. The first-order valence-corrected chi connectivity index (χ1v) is 8.25. The highest BCUT2D eigenvalue weighted by atomic mass is 32.2. The van der Waals surface area contributed by atoms with Crippen LogP contribution < -0.4 is 5.59 Å². The highest BCUT2D eigenvalue weighted by molar-refractivity contribution is 7.86. The minimum Gasteiger partial charge on any atom is -0.292 e. The van der Waals surface area contributed by atoms with Gasteiger partial charge < -0.3 is 0 Å². The molecule has 0 aliphatic heterocycles. The topological polar surface area (TPSA) is 84.8 Å². The lowest BCUT2D eigenvalue weighted by molar-refractivity contribution is -0.115. The summed E-state index contributed by atoms with van der Waals surface area (Å²) >= 11 is 0. The van der Waals surface area contributed by atoms with E-state index in [2.05, 4.69) is 15.0 Å². The van der Waals surface area contributed by atoms with Crippen molar-refractivity contribution in [2.75, 3.05) is 0 Å². The molecule has 2 aliphatic rings. The summed E-state index contributed by atoms with van der Waals surface area (Å²) in [6.07, 6.45) is 2.66. The molecular weight excluding hydrogens is 292 g/mol. The summed E-state index contributed by atoms with van der Waals surface area (Å²) in [7, 11) is -3.93. The first kappa shape index (κ1) is 14.2. The van der Waals surface area contributed by atoms with Crippen molar-refractivity contribution in [3.8, 4) is 0 Å². The minimum atomic E-state index is -3.93. The van der Waals surface area contributed by atoms with E-state index in [4.69, 9.17) is 0 Å². The predicted octanol–water partition coefficient (Wildman–Crippen LogP) is 1.56. The van der Waals surface area contributed by atoms with Crippen LogP contribution in [0.4, 0.5) is 0 Å². The molecule has 1 N–H and O–H groups in total. The monoisotopic (exact) mass is 308 g/mol. The van der Waals surface area contributed by atoms with Crippen LogP contribution in [0.2, 0.25) is 0 Å². The summed E-state index contributed by atoms with van der Waals surface area (Å²) in [5.74, 6) is 0.208. The average molecular weight is 308 g/mol. The van der Waals surface area contributed by atoms with E-state index in [0.717, 1.165) is 24.8 Å². The Morgan fingerprint density at radius 2 is 1.86 bits per heavy atom. The zero-order valence-electron chi connectivity index (χ0n) is 11.6. The second kappa shape index (κ2) is 5.23. The molecule has 2 atom stereocenters. The molecule has 21 heavy (non-hydrogen) atoms. The lowest BCUT2D eigenvalue weighted by Crippen LogP contribution is -2.26. The van der Waals surface area contributed by atoms with Crippen LogP contribution in [0.15, 0.2) is 34.3 Å². The molecule has 2 aliphatic carbocycles. The fourth-order valence-electron chi connectivity index (χ4n) is 2.89. The number of hydrogen-bond acceptors (Lipinski definition) is 6. The number of hydrazone groups is 1. The number of fused-ring (bicyclic) bond motifs is 2. The van der Waals surface area contributed by atoms with Gasteiger partial charge in [0.2, 0.25) is 0 Å². The van der Waals surface area contributed by atoms with E-state index >= 15 is 0 Å². The van der Waals surface area contributed by atoms with Gasteiger partial charge in [0, 0.05) is 11.8 Å². The first-order chi connectivity index (χ1) is 9.97. The maximum Gasteiger partial charge on any atom is 0.318 e. The molecule has 2 bridgehead atoms. The maximum absolute atomic E-state index is 11.9. The molecule has 0 aromatic heterocycles. The van der Waals surface area contributed by atoms with Crippen LogP contribution in [0, 0.1) is 18.8 Å². The van der Waals surface area contributed by atoms with Crippen LogP contribution in [-0.2, 0) is 19.2 Å². The number of Topliss-reactive ketones (excluding diaryl/α,β-unsaturated/α-hetero) is 1. The van der Waals surface area contributed by atoms with Gasteiger partial charge in [-0.1, -0.05) is 17.7 Å². The number of nitrogens with one attached hydrogen (secondary N) is 1. The zero-order chi connectivity index (χ0) is 15.0. The summed E-state index contributed by atoms with van der Waals surface area (Å²) in [5, 5.41) is 3.83. The molecule has 7 heteroatoms. The standard InChI is InChI=1S/C14H16N2O4S/c1-9-2-6-12(7-3-9)21(18,19)20-16-15-13-10-4-5-11(8-10)14(13)17/h2-3,6-7,10-11,16H,4-5,8H2,1H3. The van der Waals surface area contributed by atoms with E-state index < -0.39 is 10.1 Å². The van der Waals surface area contributed by atoms with Crippen molar-refractivity contribution in [3.63, 3.8) is 0 Å². The number of ketones is 1. The molecule has 0 radical (unpaired) electrons. The maximum atomic E-state index is 11.9. The third-order valence-corrected chi connectivity index (χ3v) is 5.21.